The van der Waals surface area contributed by atoms with Crippen LogP contribution in [0.4, 0.5) is 0 Å². The molecule has 3 aromatic rings. The summed E-state index contributed by atoms with van der Waals surface area (Å²) in [6, 6.07) is 17.1. The van der Waals surface area contributed by atoms with Gasteiger partial charge in [-0.1, -0.05) is 30.3 Å². The summed E-state index contributed by atoms with van der Waals surface area (Å²) in [4.78, 5) is 25.5. The topological polar surface area (TPSA) is 76.0 Å². The number of carbonyl (C=O) groups is 2. The van der Waals surface area contributed by atoms with Gasteiger partial charge in [-0.15, -0.1) is 11.8 Å². The number of amides is 2. The molecule has 0 atom stereocenters. The molecule has 0 aliphatic heterocycles. The second-order valence-corrected chi connectivity index (χ2v) is 7.79. The summed E-state index contributed by atoms with van der Waals surface area (Å²) >= 11 is 1.36. The van der Waals surface area contributed by atoms with E-state index < -0.39 is 0 Å². The molecule has 150 valence electrons. The number of para-hydroxylation sites is 1. The van der Waals surface area contributed by atoms with E-state index in [4.69, 9.17) is 0 Å². The second kappa shape index (κ2) is 9.93. The molecule has 0 unspecified atom stereocenters. The fourth-order valence-electron chi connectivity index (χ4n) is 2.85. The molecule has 0 radical (unpaired) electrons. The lowest BCUT2D eigenvalue weighted by atomic mass is 10.1. The summed E-state index contributed by atoms with van der Waals surface area (Å²) in [5.74, 6) is 0.0472. The molecule has 0 spiro atoms. The van der Waals surface area contributed by atoms with Crippen molar-refractivity contribution in [3.05, 3.63) is 78.1 Å². The Bertz CT molecular complexity index is 970. The maximum absolute atomic E-state index is 12.8. The van der Waals surface area contributed by atoms with Crippen molar-refractivity contribution in [2.45, 2.75) is 31.3 Å². The van der Waals surface area contributed by atoms with Gasteiger partial charge in [-0.2, -0.15) is 5.10 Å². The van der Waals surface area contributed by atoms with Crippen LogP contribution in [0.2, 0.25) is 0 Å². The first-order chi connectivity index (χ1) is 14.0. The highest BCUT2D eigenvalue weighted by Gasteiger charge is 2.14. The zero-order chi connectivity index (χ0) is 20.6. The Balaban J connectivity index is 1.67. The van der Waals surface area contributed by atoms with Crippen molar-refractivity contribution >= 4 is 23.6 Å². The third-order valence-electron chi connectivity index (χ3n) is 4.12. The van der Waals surface area contributed by atoms with E-state index in [2.05, 4.69) is 15.7 Å². The molecule has 2 amide bonds. The fraction of sp³-hybridized carbons (Fsp3) is 0.227. The van der Waals surface area contributed by atoms with Crippen LogP contribution in [0.15, 0.2) is 71.9 Å². The van der Waals surface area contributed by atoms with Crippen LogP contribution in [-0.2, 0) is 11.3 Å². The number of benzene rings is 2. The Kier molecular flexibility index (Phi) is 7.08. The molecular weight excluding hydrogens is 384 g/mol. The second-order valence-electron chi connectivity index (χ2n) is 6.77. The van der Waals surface area contributed by atoms with E-state index in [9.17, 15) is 9.59 Å². The SMILES string of the molecule is CC(C)NC(=O)CSc1ccccc1C(=O)NCc1ccccc1-n1cccn1. The van der Waals surface area contributed by atoms with E-state index in [1.807, 2.05) is 68.6 Å². The van der Waals surface area contributed by atoms with Crippen molar-refractivity contribution in [2.75, 3.05) is 5.75 Å². The zero-order valence-electron chi connectivity index (χ0n) is 16.5. The first-order valence-corrected chi connectivity index (χ1v) is 10.4. The van der Waals surface area contributed by atoms with Crippen molar-refractivity contribution in [3.63, 3.8) is 0 Å². The maximum atomic E-state index is 12.8. The predicted molar refractivity (Wildman–Crippen MR) is 115 cm³/mol. The number of nitrogens with one attached hydrogen (secondary N) is 2. The molecule has 1 aromatic heterocycles. The van der Waals surface area contributed by atoms with E-state index in [1.165, 1.54) is 11.8 Å². The van der Waals surface area contributed by atoms with Crippen molar-refractivity contribution in [1.82, 2.24) is 20.4 Å². The molecule has 0 bridgehead atoms. The molecule has 6 nitrogen and oxygen atoms in total. The van der Waals surface area contributed by atoms with Gasteiger partial charge in [0.2, 0.25) is 5.91 Å². The number of nitrogens with zero attached hydrogens (tertiary/aromatic N) is 2. The van der Waals surface area contributed by atoms with Crippen LogP contribution in [0.3, 0.4) is 0 Å². The molecule has 0 fully saturated rings. The van der Waals surface area contributed by atoms with Crippen LogP contribution < -0.4 is 10.6 Å². The maximum Gasteiger partial charge on any atom is 0.252 e. The minimum atomic E-state index is -0.173. The van der Waals surface area contributed by atoms with Gasteiger partial charge in [0, 0.05) is 29.9 Å². The number of thioether (sulfide) groups is 1. The summed E-state index contributed by atoms with van der Waals surface area (Å²) in [5, 5.41) is 10.1. The minimum absolute atomic E-state index is 0.0478. The van der Waals surface area contributed by atoms with Crippen LogP contribution in [0, 0.1) is 0 Å². The van der Waals surface area contributed by atoms with Gasteiger partial charge in [0.15, 0.2) is 0 Å². The molecule has 0 saturated carbocycles. The van der Waals surface area contributed by atoms with E-state index in [0.717, 1.165) is 16.1 Å². The first kappa shape index (κ1) is 20.7. The Morgan fingerprint density at radius 2 is 1.83 bits per heavy atom. The molecule has 0 aliphatic carbocycles. The fourth-order valence-corrected chi connectivity index (χ4v) is 3.71. The first-order valence-electron chi connectivity index (χ1n) is 9.42. The van der Waals surface area contributed by atoms with Gasteiger partial charge in [-0.25, -0.2) is 4.68 Å². The van der Waals surface area contributed by atoms with E-state index in [-0.39, 0.29) is 23.6 Å². The third-order valence-corrected chi connectivity index (χ3v) is 5.20. The normalized spacial score (nSPS) is 10.7. The van der Waals surface area contributed by atoms with Crippen LogP contribution in [0.1, 0.15) is 29.8 Å². The van der Waals surface area contributed by atoms with Gasteiger partial charge in [-0.3, -0.25) is 9.59 Å². The number of rotatable bonds is 8. The molecule has 1 heterocycles. The molecule has 3 rings (SSSR count). The Morgan fingerprint density at radius 3 is 2.59 bits per heavy atom. The molecular formula is C22H24N4O2S. The lowest BCUT2D eigenvalue weighted by Gasteiger charge is -2.13. The highest BCUT2D eigenvalue weighted by Crippen LogP contribution is 2.23. The summed E-state index contributed by atoms with van der Waals surface area (Å²) in [7, 11) is 0. The molecule has 2 aromatic carbocycles. The average molecular weight is 409 g/mol. The molecule has 0 aliphatic rings. The van der Waals surface area contributed by atoms with E-state index in [0.29, 0.717) is 12.1 Å². The highest BCUT2D eigenvalue weighted by atomic mass is 32.2. The predicted octanol–water partition coefficient (Wildman–Crippen LogP) is 3.42. The molecule has 2 N–H and O–H groups in total. The number of aromatic nitrogens is 2. The highest BCUT2D eigenvalue weighted by molar-refractivity contribution is 8.00. The summed E-state index contributed by atoms with van der Waals surface area (Å²) in [6.07, 6.45) is 3.59. The monoisotopic (exact) mass is 408 g/mol. The van der Waals surface area contributed by atoms with Gasteiger partial charge in [0.05, 0.1) is 17.0 Å². The standard InChI is InChI=1S/C22H24N4O2S/c1-16(2)25-21(27)15-29-20-11-6-4-9-18(20)22(28)23-14-17-8-3-5-10-19(17)26-13-7-12-24-26/h3-13,16H,14-15H2,1-2H3,(H,23,28)(H,25,27). The van der Waals surface area contributed by atoms with Crippen molar-refractivity contribution in [3.8, 4) is 5.69 Å². The summed E-state index contributed by atoms with van der Waals surface area (Å²) in [5.41, 5.74) is 2.45. The Morgan fingerprint density at radius 1 is 1.07 bits per heavy atom. The Hall–Kier alpha value is -3.06. The van der Waals surface area contributed by atoms with Crippen molar-refractivity contribution < 1.29 is 9.59 Å². The van der Waals surface area contributed by atoms with E-state index in [1.54, 1.807) is 16.9 Å². The van der Waals surface area contributed by atoms with Crippen LogP contribution in [0.5, 0.6) is 0 Å². The average Bonchev–Trinajstić information content (AvgIpc) is 3.25. The number of carbonyl (C=O) groups excluding carboxylic acids is 2. The third kappa shape index (κ3) is 5.71. The van der Waals surface area contributed by atoms with Crippen molar-refractivity contribution in [2.24, 2.45) is 0 Å². The van der Waals surface area contributed by atoms with Gasteiger partial charge in [0.25, 0.3) is 5.91 Å². The molecule has 7 heteroatoms. The quantitative estimate of drug-likeness (QED) is 0.560. The Labute approximate surface area is 174 Å². The lowest BCUT2D eigenvalue weighted by molar-refractivity contribution is -0.119. The largest absolute Gasteiger partial charge is 0.353 e. The number of hydrogen-bond donors (Lipinski definition) is 2. The number of hydrogen-bond acceptors (Lipinski definition) is 4. The smallest absolute Gasteiger partial charge is 0.252 e. The van der Waals surface area contributed by atoms with Gasteiger partial charge >= 0.3 is 0 Å². The van der Waals surface area contributed by atoms with Gasteiger partial charge < -0.3 is 10.6 Å². The minimum Gasteiger partial charge on any atom is -0.353 e. The lowest BCUT2D eigenvalue weighted by Crippen LogP contribution is -2.31. The van der Waals surface area contributed by atoms with E-state index >= 15 is 0 Å². The van der Waals surface area contributed by atoms with Crippen molar-refractivity contribution in [1.29, 1.82) is 0 Å². The summed E-state index contributed by atoms with van der Waals surface area (Å²) in [6.45, 7) is 4.22. The van der Waals surface area contributed by atoms with Crippen LogP contribution in [0.25, 0.3) is 5.69 Å². The molecule has 29 heavy (non-hydrogen) atoms. The van der Waals surface area contributed by atoms with Crippen LogP contribution in [-0.4, -0.2) is 33.4 Å². The zero-order valence-corrected chi connectivity index (χ0v) is 17.3. The molecule has 0 saturated heterocycles. The van der Waals surface area contributed by atoms with Crippen LogP contribution >= 0.6 is 11.8 Å². The van der Waals surface area contributed by atoms with Gasteiger partial charge in [-0.05, 0) is 43.7 Å². The van der Waals surface area contributed by atoms with Gasteiger partial charge in [0.1, 0.15) is 0 Å². The summed E-state index contributed by atoms with van der Waals surface area (Å²) < 4.78 is 1.78.